The van der Waals surface area contributed by atoms with Gasteiger partial charge in [0.15, 0.2) is 0 Å². The molecular formula is C27H35ClN4O3. The summed E-state index contributed by atoms with van der Waals surface area (Å²) in [6.45, 7) is 7.12. The molecule has 7 nitrogen and oxygen atoms in total. The lowest BCUT2D eigenvalue weighted by Gasteiger charge is -2.48. The van der Waals surface area contributed by atoms with E-state index in [-0.39, 0.29) is 23.6 Å². The first-order valence-corrected chi connectivity index (χ1v) is 12.7. The topological polar surface area (TPSA) is 73.0 Å². The molecule has 0 aromatic heterocycles. The standard InChI is InChI=1S/C27H35ClN4O3/c1-19(2)22(29-23(33)21-10-8-9-20(3)17-21)24(34)31-15-13-26(14-16-31)25(35)30(4)18-32(26)27(28)11-6-5-7-12-27/h5-11,17,19,22H,12-16,18H2,1-4H3,(H,29,33)/t22-,27?/m1/s1. The highest BCUT2D eigenvalue weighted by atomic mass is 35.5. The SMILES string of the molecule is Cc1cccc(C(=O)N[C@@H](C(=O)N2CCC3(CC2)C(=O)N(C)CN3C2(Cl)C=CC=CC2)C(C)C)c1. The fourth-order valence-electron chi connectivity index (χ4n) is 5.44. The van der Waals surface area contributed by atoms with Crippen molar-refractivity contribution in [2.45, 2.75) is 56.6 Å². The minimum Gasteiger partial charge on any atom is -0.341 e. The summed E-state index contributed by atoms with van der Waals surface area (Å²) in [5, 5.41) is 2.95. The predicted molar refractivity (Wildman–Crippen MR) is 137 cm³/mol. The van der Waals surface area contributed by atoms with Crippen LogP contribution in [0.2, 0.25) is 0 Å². The van der Waals surface area contributed by atoms with Gasteiger partial charge in [0.05, 0.1) is 6.67 Å². The number of allylic oxidation sites excluding steroid dienone is 2. The zero-order valence-electron chi connectivity index (χ0n) is 21.0. The Hall–Kier alpha value is -2.64. The summed E-state index contributed by atoms with van der Waals surface area (Å²) in [5.74, 6) is -0.384. The second kappa shape index (κ2) is 9.78. The second-order valence-electron chi connectivity index (χ2n) is 10.3. The highest BCUT2D eigenvalue weighted by Crippen LogP contribution is 2.44. The number of carbonyl (C=O) groups is 3. The molecule has 2 fully saturated rings. The number of alkyl halides is 1. The van der Waals surface area contributed by atoms with Gasteiger partial charge in [-0.15, -0.1) is 0 Å². The predicted octanol–water partition coefficient (Wildman–Crippen LogP) is 3.29. The summed E-state index contributed by atoms with van der Waals surface area (Å²) in [7, 11) is 1.81. The number of aryl methyl sites for hydroxylation is 1. The Morgan fingerprint density at radius 1 is 1.14 bits per heavy atom. The lowest BCUT2D eigenvalue weighted by Crippen LogP contribution is -2.63. The van der Waals surface area contributed by atoms with Crippen molar-refractivity contribution < 1.29 is 14.4 Å². The van der Waals surface area contributed by atoms with Crippen LogP contribution in [0.15, 0.2) is 48.6 Å². The third-order valence-electron chi connectivity index (χ3n) is 7.47. The van der Waals surface area contributed by atoms with E-state index in [4.69, 9.17) is 11.6 Å². The quantitative estimate of drug-likeness (QED) is 0.499. The first-order valence-electron chi connectivity index (χ1n) is 12.3. The molecule has 188 valence electrons. The Morgan fingerprint density at radius 2 is 1.86 bits per heavy atom. The minimum atomic E-state index is -0.760. The normalized spacial score (nSPS) is 24.9. The smallest absolute Gasteiger partial charge is 0.251 e. The van der Waals surface area contributed by atoms with Crippen LogP contribution in [0.5, 0.6) is 0 Å². The molecule has 1 unspecified atom stereocenters. The van der Waals surface area contributed by atoms with Crippen LogP contribution in [0, 0.1) is 12.8 Å². The molecule has 3 aliphatic rings. The van der Waals surface area contributed by atoms with Crippen LogP contribution in [-0.4, -0.2) is 75.8 Å². The number of hydrogen-bond donors (Lipinski definition) is 1. The molecule has 1 aromatic carbocycles. The van der Waals surface area contributed by atoms with Crippen molar-refractivity contribution in [2.24, 2.45) is 5.92 Å². The molecule has 4 rings (SSSR count). The zero-order chi connectivity index (χ0) is 25.4. The summed E-state index contributed by atoms with van der Waals surface area (Å²) in [6.07, 6.45) is 9.50. The van der Waals surface area contributed by atoms with Crippen molar-refractivity contribution >= 4 is 29.3 Å². The lowest BCUT2D eigenvalue weighted by atomic mass is 9.83. The maximum Gasteiger partial charge on any atom is 0.251 e. The monoisotopic (exact) mass is 498 g/mol. The number of amides is 3. The molecule has 0 bridgehead atoms. The first-order chi connectivity index (χ1) is 16.6. The van der Waals surface area contributed by atoms with Gasteiger partial charge in [-0.3, -0.25) is 14.4 Å². The molecule has 1 N–H and O–H groups in total. The number of carbonyl (C=O) groups excluding carboxylic acids is 3. The van der Waals surface area contributed by atoms with Crippen molar-refractivity contribution in [3.8, 4) is 0 Å². The van der Waals surface area contributed by atoms with Crippen LogP contribution < -0.4 is 5.32 Å². The van der Waals surface area contributed by atoms with Crippen molar-refractivity contribution in [3.05, 3.63) is 59.7 Å². The number of likely N-dealkylation sites (tertiary alicyclic amines) is 1. The Morgan fingerprint density at radius 3 is 2.46 bits per heavy atom. The third-order valence-corrected chi connectivity index (χ3v) is 7.95. The summed E-state index contributed by atoms with van der Waals surface area (Å²) in [5.41, 5.74) is 0.793. The highest BCUT2D eigenvalue weighted by molar-refractivity contribution is 6.25. The summed E-state index contributed by atoms with van der Waals surface area (Å²) < 4.78 is 0. The third kappa shape index (κ3) is 4.76. The fourth-order valence-corrected chi connectivity index (χ4v) is 5.82. The summed E-state index contributed by atoms with van der Waals surface area (Å²) in [4.78, 5) is 44.6. The number of nitrogens with one attached hydrogen (secondary N) is 1. The van der Waals surface area contributed by atoms with Gasteiger partial charge < -0.3 is 15.1 Å². The number of halogens is 1. The number of likely N-dealkylation sites (N-methyl/N-ethyl adjacent to an activating group) is 1. The van der Waals surface area contributed by atoms with Gasteiger partial charge in [-0.05, 0) is 43.9 Å². The average Bonchev–Trinajstić information content (AvgIpc) is 3.08. The Kier molecular flexibility index (Phi) is 7.11. The van der Waals surface area contributed by atoms with Gasteiger partial charge in [0.2, 0.25) is 11.8 Å². The molecule has 0 saturated carbocycles. The van der Waals surface area contributed by atoms with E-state index in [1.54, 1.807) is 22.9 Å². The van der Waals surface area contributed by atoms with Gasteiger partial charge in [0.1, 0.15) is 16.6 Å². The van der Waals surface area contributed by atoms with Crippen LogP contribution in [0.3, 0.4) is 0 Å². The molecule has 2 aliphatic heterocycles. The highest BCUT2D eigenvalue weighted by Gasteiger charge is 2.58. The molecule has 1 aliphatic carbocycles. The Balaban J connectivity index is 1.48. The molecule has 2 heterocycles. The molecule has 0 radical (unpaired) electrons. The van der Waals surface area contributed by atoms with Gasteiger partial charge in [-0.1, -0.05) is 61.4 Å². The van der Waals surface area contributed by atoms with Crippen LogP contribution in [0.1, 0.15) is 49.0 Å². The molecule has 1 aromatic rings. The Bertz CT molecular complexity index is 1060. The number of nitrogens with zero attached hydrogens (tertiary/aromatic N) is 3. The number of hydrogen-bond acceptors (Lipinski definition) is 4. The molecule has 2 saturated heterocycles. The molecule has 1 spiro atoms. The molecule has 3 amide bonds. The van der Waals surface area contributed by atoms with E-state index in [1.807, 2.05) is 63.3 Å². The van der Waals surface area contributed by atoms with E-state index < -0.39 is 16.6 Å². The van der Waals surface area contributed by atoms with E-state index in [2.05, 4.69) is 10.2 Å². The summed E-state index contributed by atoms with van der Waals surface area (Å²) in [6, 6.07) is 6.70. The van der Waals surface area contributed by atoms with E-state index >= 15 is 0 Å². The van der Waals surface area contributed by atoms with Crippen LogP contribution in [0.25, 0.3) is 0 Å². The Labute approximate surface area is 212 Å². The van der Waals surface area contributed by atoms with E-state index in [0.29, 0.717) is 44.6 Å². The molecule has 2 atom stereocenters. The average molecular weight is 499 g/mol. The zero-order valence-corrected chi connectivity index (χ0v) is 21.7. The number of piperidine rings is 1. The van der Waals surface area contributed by atoms with Crippen molar-refractivity contribution in [2.75, 3.05) is 26.8 Å². The van der Waals surface area contributed by atoms with E-state index in [9.17, 15) is 14.4 Å². The molecular weight excluding hydrogens is 464 g/mol. The van der Waals surface area contributed by atoms with E-state index in [1.165, 1.54) is 0 Å². The lowest BCUT2D eigenvalue weighted by molar-refractivity contribution is -0.142. The van der Waals surface area contributed by atoms with Crippen LogP contribution >= 0.6 is 11.6 Å². The van der Waals surface area contributed by atoms with Gasteiger partial charge in [0.25, 0.3) is 5.91 Å². The fraction of sp³-hybridized carbons (Fsp3) is 0.519. The number of rotatable bonds is 5. The van der Waals surface area contributed by atoms with Crippen molar-refractivity contribution in [1.82, 2.24) is 20.0 Å². The van der Waals surface area contributed by atoms with E-state index in [0.717, 1.165) is 5.56 Å². The van der Waals surface area contributed by atoms with Crippen molar-refractivity contribution in [3.63, 3.8) is 0 Å². The van der Waals surface area contributed by atoms with Crippen LogP contribution in [0.4, 0.5) is 0 Å². The van der Waals surface area contributed by atoms with Gasteiger partial charge >= 0.3 is 0 Å². The maximum atomic E-state index is 13.5. The number of benzene rings is 1. The van der Waals surface area contributed by atoms with Gasteiger partial charge in [-0.25, -0.2) is 4.90 Å². The molecule has 35 heavy (non-hydrogen) atoms. The maximum absolute atomic E-state index is 13.5. The van der Waals surface area contributed by atoms with Crippen LogP contribution in [-0.2, 0) is 9.59 Å². The first kappa shape index (κ1) is 25.5. The molecule has 8 heteroatoms. The van der Waals surface area contributed by atoms with Crippen molar-refractivity contribution in [1.29, 1.82) is 0 Å². The minimum absolute atomic E-state index is 0.0562. The van der Waals surface area contributed by atoms with Gasteiger partial charge in [-0.2, -0.15) is 0 Å². The van der Waals surface area contributed by atoms with Gasteiger partial charge in [0, 0.05) is 32.1 Å². The largest absolute Gasteiger partial charge is 0.341 e. The second-order valence-corrected chi connectivity index (χ2v) is 11.0. The summed E-state index contributed by atoms with van der Waals surface area (Å²) >= 11 is 7.03.